The molecule has 0 radical (unpaired) electrons. The van der Waals surface area contributed by atoms with Gasteiger partial charge in [-0.3, -0.25) is 9.48 Å². The van der Waals surface area contributed by atoms with Gasteiger partial charge in [-0.2, -0.15) is 5.10 Å². The fourth-order valence-electron chi connectivity index (χ4n) is 2.76. The molecule has 0 aliphatic carbocycles. The number of ketones is 1. The molecule has 0 bridgehead atoms. The predicted octanol–water partition coefficient (Wildman–Crippen LogP) is 6.67. The first-order valence-electron chi connectivity index (χ1n) is 9.11. The first-order chi connectivity index (χ1) is 14.4. The fraction of sp³-hybridized carbons (Fsp3) is 0.182. The molecule has 0 saturated heterocycles. The van der Waals surface area contributed by atoms with E-state index in [2.05, 4.69) is 52.9 Å². The van der Waals surface area contributed by atoms with E-state index in [1.165, 1.54) is 6.08 Å². The van der Waals surface area contributed by atoms with Crippen molar-refractivity contribution >= 4 is 59.6 Å². The number of hydrogen-bond acceptors (Lipinski definition) is 4. The Bertz CT molecular complexity index is 1070. The summed E-state index contributed by atoms with van der Waals surface area (Å²) in [5.74, 6) is 1.27. The molecule has 156 valence electrons. The van der Waals surface area contributed by atoms with Crippen LogP contribution < -0.4 is 9.47 Å². The third kappa shape index (κ3) is 5.62. The molecule has 0 saturated carbocycles. The van der Waals surface area contributed by atoms with Crippen LogP contribution in [0.3, 0.4) is 0 Å². The maximum absolute atomic E-state index is 12.3. The van der Waals surface area contributed by atoms with Crippen molar-refractivity contribution in [1.82, 2.24) is 9.78 Å². The van der Waals surface area contributed by atoms with Gasteiger partial charge in [-0.15, -0.1) is 0 Å². The van der Waals surface area contributed by atoms with Crippen LogP contribution in [0.4, 0.5) is 0 Å². The Kier molecular flexibility index (Phi) is 7.91. The standard InChI is InChI=1S/C22H19Br3N2O3/c1-3-27-9-8-19(26-27)20(28)6-4-14-5-7-21(29-2)15(10-14)13-30-22-17(24)11-16(23)12-18(22)25/h4-12H,3,13H2,1-2H3/b6-4+. The highest BCUT2D eigenvalue weighted by molar-refractivity contribution is 9.11. The van der Waals surface area contributed by atoms with Gasteiger partial charge in [-0.05, 0) is 80.8 Å². The monoisotopic (exact) mass is 596 g/mol. The van der Waals surface area contributed by atoms with Gasteiger partial charge in [-0.25, -0.2) is 0 Å². The van der Waals surface area contributed by atoms with E-state index in [-0.39, 0.29) is 5.78 Å². The van der Waals surface area contributed by atoms with Crippen molar-refractivity contribution in [2.75, 3.05) is 7.11 Å². The number of benzene rings is 2. The van der Waals surface area contributed by atoms with E-state index in [1.54, 1.807) is 30.1 Å². The molecule has 0 amide bonds. The van der Waals surface area contributed by atoms with Gasteiger partial charge >= 0.3 is 0 Å². The van der Waals surface area contributed by atoms with Gasteiger partial charge in [0.25, 0.3) is 0 Å². The van der Waals surface area contributed by atoms with E-state index in [1.807, 2.05) is 37.3 Å². The number of rotatable bonds is 8. The van der Waals surface area contributed by atoms with Gasteiger partial charge in [-0.1, -0.05) is 28.1 Å². The molecule has 0 fully saturated rings. The summed E-state index contributed by atoms with van der Waals surface area (Å²) >= 11 is 10.5. The van der Waals surface area contributed by atoms with Crippen LogP contribution in [0, 0.1) is 0 Å². The van der Waals surface area contributed by atoms with Gasteiger partial charge < -0.3 is 9.47 Å². The minimum atomic E-state index is -0.140. The van der Waals surface area contributed by atoms with Crippen LogP contribution in [0.15, 0.2) is 62.1 Å². The second kappa shape index (κ2) is 10.4. The number of carbonyl (C=O) groups is 1. The molecule has 0 N–H and O–H groups in total. The van der Waals surface area contributed by atoms with E-state index in [0.29, 0.717) is 23.8 Å². The summed E-state index contributed by atoms with van der Waals surface area (Å²) in [7, 11) is 1.62. The molecule has 0 aliphatic rings. The summed E-state index contributed by atoms with van der Waals surface area (Å²) in [6.07, 6.45) is 5.08. The topological polar surface area (TPSA) is 53.4 Å². The van der Waals surface area contributed by atoms with Crippen molar-refractivity contribution in [2.24, 2.45) is 0 Å². The molecule has 1 heterocycles. The van der Waals surface area contributed by atoms with E-state index in [0.717, 1.165) is 31.1 Å². The van der Waals surface area contributed by atoms with Gasteiger partial charge in [0.05, 0.1) is 16.1 Å². The maximum atomic E-state index is 12.3. The number of ether oxygens (including phenoxy) is 2. The molecule has 3 rings (SSSR count). The lowest BCUT2D eigenvalue weighted by Crippen LogP contribution is -2.01. The second-order valence-electron chi connectivity index (χ2n) is 6.31. The van der Waals surface area contributed by atoms with Crippen molar-refractivity contribution in [2.45, 2.75) is 20.1 Å². The van der Waals surface area contributed by atoms with Crippen LogP contribution in [0.5, 0.6) is 11.5 Å². The quantitative estimate of drug-likeness (QED) is 0.215. The number of halogens is 3. The van der Waals surface area contributed by atoms with Crippen molar-refractivity contribution in [3.63, 3.8) is 0 Å². The number of nitrogens with zero attached hydrogens (tertiary/aromatic N) is 2. The smallest absolute Gasteiger partial charge is 0.206 e. The van der Waals surface area contributed by atoms with E-state index >= 15 is 0 Å². The third-order valence-corrected chi connectivity index (χ3v) is 5.92. The van der Waals surface area contributed by atoms with Crippen LogP contribution in [-0.4, -0.2) is 22.7 Å². The third-order valence-electron chi connectivity index (χ3n) is 4.28. The summed E-state index contributed by atoms with van der Waals surface area (Å²) in [6.45, 7) is 3.01. The lowest BCUT2D eigenvalue weighted by molar-refractivity contribution is 0.104. The Morgan fingerprint density at radius 2 is 1.87 bits per heavy atom. The van der Waals surface area contributed by atoms with Crippen molar-refractivity contribution in [1.29, 1.82) is 0 Å². The molecule has 5 nitrogen and oxygen atoms in total. The van der Waals surface area contributed by atoms with Crippen LogP contribution in [0.25, 0.3) is 6.08 Å². The Morgan fingerprint density at radius 1 is 1.13 bits per heavy atom. The summed E-state index contributed by atoms with van der Waals surface area (Å²) < 4.78 is 15.8. The average molecular weight is 599 g/mol. The highest BCUT2D eigenvalue weighted by Gasteiger charge is 2.11. The average Bonchev–Trinajstić information content (AvgIpc) is 3.20. The van der Waals surface area contributed by atoms with Crippen LogP contribution in [0.2, 0.25) is 0 Å². The number of carbonyl (C=O) groups excluding carboxylic acids is 1. The Labute approximate surface area is 200 Å². The summed E-state index contributed by atoms with van der Waals surface area (Å²) in [6, 6.07) is 11.2. The van der Waals surface area contributed by atoms with Gasteiger partial charge in [0.2, 0.25) is 5.78 Å². The molecule has 1 aromatic heterocycles. The fourth-order valence-corrected chi connectivity index (χ4v) is 5.25. The van der Waals surface area contributed by atoms with Gasteiger partial charge in [0, 0.05) is 22.8 Å². The van der Waals surface area contributed by atoms with E-state index in [4.69, 9.17) is 9.47 Å². The SMILES string of the molecule is CCn1ccc(C(=O)/C=C/c2ccc(OC)c(COc3c(Br)cc(Br)cc3Br)c2)n1. The normalized spacial score (nSPS) is 11.1. The van der Waals surface area contributed by atoms with Crippen molar-refractivity contribution in [3.8, 4) is 11.5 Å². The van der Waals surface area contributed by atoms with Crippen LogP contribution in [0.1, 0.15) is 28.5 Å². The Balaban J connectivity index is 1.77. The predicted molar refractivity (Wildman–Crippen MR) is 128 cm³/mol. The Hall–Kier alpha value is -1.90. The highest BCUT2D eigenvalue weighted by atomic mass is 79.9. The van der Waals surface area contributed by atoms with Crippen molar-refractivity contribution < 1.29 is 14.3 Å². The Morgan fingerprint density at radius 3 is 2.50 bits per heavy atom. The van der Waals surface area contributed by atoms with Crippen LogP contribution >= 0.6 is 47.8 Å². The molecule has 8 heteroatoms. The zero-order valence-corrected chi connectivity index (χ0v) is 21.1. The zero-order chi connectivity index (χ0) is 21.7. The minimum Gasteiger partial charge on any atom is -0.496 e. The molecule has 3 aromatic rings. The molecule has 2 aromatic carbocycles. The minimum absolute atomic E-state index is 0.140. The lowest BCUT2D eigenvalue weighted by Gasteiger charge is -2.14. The van der Waals surface area contributed by atoms with Gasteiger partial charge in [0.15, 0.2) is 0 Å². The van der Waals surface area contributed by atoms with E-state index < -0.39 is 0 Å². The number of aromatic nitrogens is 2. The number of allylic oxidation sites excluding steroid dienone is 1. The highest BCUT2D eigenvalue weighted by Crippen LogP contribution is 2.37. The van der Waals surface area contributed by atoms with E-state index in [9.17, 15) is 4.79 Å². The largest absolute Gasteiger partial charge is 0.496 e. The molecule has 0 spiro atoms. The van der Waals surface area contributed by atoms with Crippen LogP contribution in [-0.2, 0) is 13.2 Å². The summed E-state index contributed by atoms with van der Waals surface area (Å²) in [4.78, 5) is 12.3. The summed E-state index contributed by atoms with van der Waals surface area (Å²) in [5, 5.41) is 4.24. The second-order valence-corrected chi connectivity index (χ2v) is 8.94. The number of hydrogen-bond donors (Lipinski definition) is 0. The molecular weight excluding hydrogens is 580 g/mol. The van der Waals surface area contributed by atoms with Crippen molar-refractivity contribution in [3.05, 3.63) is 78.9 Å². The molecule has 0 unspecified atom stereocenters. The molecule has 30 heavy (non-hydrogen) atoms. The maximum Gasteiger partial charge on any atom is 0.206 e. The summed E-state index contributed by atoms with van der Waals surface area (Å²) in [5.41, 5.74) is 2.16. The molecular formula is C22H19Br3N2O3. The molecule has 0 atom stereocenters. The molecule has 0 aliphatic heterocycles. The first-order valence-corrected chi connectivity index (χ1v) is 11.5. The lowest BCUT2D eigenvalue weighted by atomic mass is 10.1. The number of aryl methyl sites for hydroxylation is 1. The van der Waals surface area contributed by atoms with Gasteiger partial charge in [0.1, 0.15) is 23.8 Å². The zero-order valence-electron chi connectivity index (χ0n) is 16.4. The number of methoxy groups -OCH3 is 1. The first kappa shape index (κ1) is 22.8.